The van der Waals surface area contributed by atoms with E-state index in [4.69, 9.17) is 27.0 Å². The van der Waals surface area contributed by atoms with Crippen LogP contribution in [0.1, 0.15) is 116 Å². The van der Waals surface area contributed by atoms with E-state index in [0.29, 0.717) is 18.2 Å². The molecular weight excluding hydrogens is 855 g/mol. The Morgan fingerprint density at radius 2 is 1.61 bits per heavy atom. The minimum Gasteiger partial charge on any atom is -0.453 e. The molecular formula is C64H73N5O. The van der Waals surface area contributed by atoms with E-state index >= 15 is 0 Å². The van der Waals surface area contributed by atoms with Crippen LogP contribution >= 0.6 is 0 Å². The van der Waals surface area contributed by atoms with Crippen molar-refractivity contribution in [2.75, 3.05) is 6.54 Å². The van der Waals surface area contributed by atoms with Gasteiger partial charge in [-0.15, -0.1) is 0 Å². The normalized spacial score (nSPS) is 18.2. The molecule has 3 aromatic carbocycles. The summed E-state index contributed by atoms with van der Waals surface area (Å²) in [4.78, 5) is 12.1. The first-order valence-corrected chi connectivity index (χ1v) is 25.3. The van der Waals surface area contributed by atoms with Gasteiger partial charge in [-0.2, -0.15) is 0 Å². The minimum atomic E-state index is 0.419. The third-order valence-corrected chi connectivity index (χ3v) is 12.4. The van der Waals surface area contributed by atoms with Crippen molar-refractivity contribution in [2.24, 2.45) is 15.7 Å². The van der Waals surface area contributed by atoms with Gasteiger partial charge in [0.05, 0.1) is 29.0 Å². The summed E-state index contributed by atoms with van der Waals surface area (Å²) in [6, 6.07) is 21.1. The number of fused-ring (bicyclic) bond motifs is 5. The molecule has 0 saturated heterocycles. The number of nitrogens with two attached hydrogens (primary N) is 1. The number of nitrogens with zero attached hydrogens (tertiary/aromatic N) is 4. The highest BCUT2D eigenvalue weighted by molar-refractivity contribution is 6.15. The number of ether oxygens (including phenoxy) is 1. The second-order valence-electron chi connectivity index (χ2n) is 16.9. The van der Waals surface area contributed by atoms with Gasteiger partial charge in [0.1, 0.15) is 11.6 Å². The Labute approximate surface area is 418 Å². The molecule has 70 heavy (non-hydrogen) atoms. The zero-order valence-corrected chi connectivity index (χ0v) is 42.9. The van der Waals surface area contributed by atoms with E-state index in [2.05, 4.69) is 131 Å². The lowest BCUT2D eigenvalue weighted by molar-refractivity contribution is 0.264. The molecule has 1 aliphatic heterocycles. The fourth-order valence-electron chi connectivity index (χ4n) is 8.95. The van der Waals surface area contributed by atoms with Crippen LogP contribution in [-0.4, -0.2) is 27.7 Å². The van der Waals surface area contributed by atoms with Crippen LogP contribution in [0.3, 0.4) is 0 Å². The average molecular weight is 928 g/mol. The third kappa shape index (κ3) is 12.0. The van der Waals surface area contributed by atoms with Crippen molar-refractivity contribution in [3.05, 3.63) is 233 Å². The zero-order valence-electron chi connectivity index (χ0n) is 42.9. The molecule has 2 heterocycles. The predicted molar refractivity (Wildman–Crippen MR) is 305 cm³/mol. The number of aliphatic imine (C=N–C) groups is 2. The number of allylic oxidation sites excluding steroid dienone is 18. The summed E-state index contributed by atoms with van der Waals surface area (Å²) in [7, 11) is 0. The van der Waals surface area contributed by atoms with Crippen LogP contribution in [0.5, 0.6) is 0 Å². The van der Waals surface area contributed by atoms with Gasteiger partial charge in [0, 0.05) is 27.7 Å². The van der Waals surface area contributed by atoms with Gasteiger partial charge in [0.2, 0.25) is 0 Å². The van der Waals surface area contributed by atoms with E-state index in [-0.39, 0.29) is 0 Å². The molecule has 0 spiro atoms. The molecule has 2 N–H and O–H groups in total. The van der Waals surface area contributed by atoms with Crippen molar-refractivity contribution >= 4 is 50.8 Å². The second-order valence-corrected chi connectivity index (χ2v) is 16.9. The first-order valence-electron chi connectivity index (χ1n) is 25.3. The van der Waals surface area contributed by atoms with Crippen LogP contribution in [0.25, 0.3) is 39.2 Å². The quantitative estimate of drug-likeness (QED) is 0.0926. The maximum absolute atomic E-state index is 6.61. The third-order valence-electron chi connectivity index (χ3n) is 12.4. The van der Waals surface area contributed by atoms with E-state index in [1.165, 1.54) is 28.6 Å². The Balaban J connectivity index is 0.00000196. The molecule has 4 aliphatic rings. The van der Waals surface area contributed by atoms with Crippen LogP contribution in [0.4, 0.5) is 0 Å². The van der Waals surface area contributed by atoms with Crippen molar-refractivity contribution in [2.45, 2.75) is 100 Å². The largest absolute Gasteiger partial charge is 0.453 e. The monoisotopic (exact) mass is 928 g/mol. The van der Waals surface area contributed by atoms with Gasteiger partial charge in [0.25, 0.3) is 0 Å². The number of aryl methyl sites for hydroxylation is 1. The van der Waals surface area contributed by atoms with E-state index in [1.807, 2.05) is 104 Å². The highest BCUT2D eigenvalue weighted by atomic mass is 16.5. The van der Waals surface area contributed by atoms with Crippen molar-refractivity contribution in [1.29, 1.82) is 0 Å². The molecule has 1 aromatic heterocycles. The second kappa shape index (κ2) is 25.8. The van der Waals surface area contributed by atoms with Gasteiger partial charge < -0.3 is 19.9 Å². The summed E-state index contributed by atoms with van der Waals surface area (Å²) in [5.74, 6) is 2.66. The van der Waals surface area contributed by atoms with Gasteiger partial charge in [-0.3, -0.25) is 4.99 Å². The molecule has 0 amide bonds. The van der Waals surface area contributed by atoms with E-state index in [9.17, 15) is 0 Å². The van der Waals surface area contributed by atoms with Crippen molar-refractivity contribution in [3.63, 3.8) is 0 Å². The molecule has 0 radical (unpaired) electrons. The molecule has 3 aliphatic carbocycles. The first kappa shape index (κ1) is 51.9. The van der Waals surface area contributed by atoms with Crippen LogP contribution in [0, 0.1) is 0 Å². The van der Waals surface area contributed by atoms with Gasteiger partial charge in [-0.1, -0.05) is 150 Å². The topological polar surface area (TPSA) is 68.1 Å². The molecule has 0 unspecified atom stereocenters. The number of hydrogen-bond acceptors (Lipinski definition) is 3. The lowest BCUT2D eigenvalue weighted by atomic mass is 9.93. The smallest absolute Gasteiger partial charge is 0.152 e. The number of amidine groups is 2. The van der Waals surface area contributed by atoms with Crippen LogP contribution in [0.2, 0.25) is 0 Å². The maximum Gasteiger partial charge on any atom is 0.152 e. The molecule has 4 aromatic rings. The molecule has 0 bridgehead atoms. The van der Waals surface area contributed by atoms with Crippen LogP contribution in [-0.2, 0) is 11.2 Å². The highest BCUT2D eigenvalue weighted by Gasteiger charge is 2.30. The molecule has 6 nitrogen and oxygen atoms in total. The Bertz CT molecular complexity index is 3010. The van der Waals surface area contributed by atoms with Gasteiger partial charge in [0.15, 0.2) is 11.6 Å². The summed E-state index contributed by atoms with van der Waals surface area (Å²) in [6.45, 7) is 26.0. The SMILES string of the molecule is C=C(/C=C1\C(=C/C)OC2=C(C=CCC=C2)N1C1=CC=CCC1)c1ccc2c(c1)c1c3c(ccc1n2C(=C)/C=C\C=C(/C)C(=NCC(/C=C\C)=C/C)N=C(N)c1ccccc1)CCCC/C=C\3.CC.CC. The Morgan fingerprint density at radius 3 is 2.36 bits per heavy atom. The van der Waals surface area contributed by atoms with E-state index in [0.717, 1.165) is 111 Å². The predicted octanol–water partition coefficient (Wildman–Crippen LogP) is 17.0. The molecule has 6 heteroatoms. The summed E-state index contributed by atoms with van der Waals surface area (Å²) in [5.41, 5.74) is 20.3. The van der Waals surface area contributed by atoms with Crippen molar-refractivity contribution in [3.8, 4) is 0 Å². The standard InChI is InChI=1S/C60H61N5O.2C2H6/c1-7-24-45(8-2)41-62-60(63-59(61)47-28-16-12-17-29-47)42(4)25-23-26-44(6)64-52-37-36-48(40-51(52)58-50-32-20-11-10-15-27-46(50)35-38-54(58)64)43(5)39-55-56(9-3)66-57-34-22-14-21-33-53(57)65(55)49-30-18-13-19-31-49;2*1-2/h7-9,12-13,16-18,20-26,28-30,32-40H,5-6,10-11,14-15,19,27,31,41H2,1-4H3,(H2,61,62,63);2*1-2H3/b24-7-,26-23-,32-20-,42-25+,45-8+,55-39+,56-9+;;. The van der Waals surface area contributed by atoms with Gasteiger partial charge in [-0.05, 0) is 161 Å². The lowest BCUT2D eigenvalue weighted by Crippen LogP contribution is -2.29. The summed E-state index contributed by atoms with van der Waals surface area (Å²) >= 11 is 0. The summed E-state index contributed by atoms with van der Waals surface area (Å²) in [6.07, 6.45) is 43.7. The zero-order chi connectivity index (χ0) is 50.0. The van der Waals surface area contributed by atoms with E-state index < -0.39 is 0 Å². The molecule has 8 rings (SSSR count). The number of hydrogen-bond donors (Lipinski definition) is 1. The molecule has 0 fully saturated rings. The number of benzene rings is 3. The highest BCUT2D eigenvalue weighted by Crippen LogP contribution is 2.42. The Kier molecular flexibility index (Phi) is 19.1. The fraction of sp³-hybridized carbons (Fsp3) is 0.250. The molecule has 0 atom stereocenters. The maximum atomic E-state index is 6.61. The van der Waals surface area contributed by atoms with Crippen molar-refractivity contribution < 1.29 is 4.74 Å². The van der Waals surface area contributed by atoms with Gasteiger partial charge in [-0.25, -0.2) is 4.99 Å². The fourth-order valence-corrected chi connectivity index (χ4v) is 8.95. The number of rotatable bonds is 11. The van der Waals surface area contributed by atoms with E-state index in [1.54, 1.807) is 0 Å². The first-order chi connectivity index (χ1) is 34.3. The molecule has 0 saturated carbocycles. The lowest BCUT2D eigenvalue weighted by Gasteiger charge is -2.37. The Hall–Kier alpha value is -7.44. The van der Waals surface area contributed by atoms with Crippen LogP contribution < -0.4 is 5.73 Å². The number of aromatic nitrogens is 1. The minimum absolute atomic E-state index is 0.419. The summed E-state index contributed by atoms with van der Waals surface area (Å²) in [5, 5.41) is 2.39. The Morgan fingerprint density at radius 1 is 0.829 bits per heavy atom. The average Bonchev–Trinajstić information content (AvgIpc) is 3.53. The van der Waals surface area contributed by atoms with Gasteiger partial charge >= 0.3 is 0 Å². The van der Waals surface area contributed by atoms with Crippen LogP contribution in [0.15, 0.2) is 221 Å². The summed E-state index contributed by atoms with van der Waals surface area (Å²) < 4.78 is 8.90. The van der Waals surface area contributed by atoms with Crippen molar-refractivity contribution in [1.82, 2.24) is 9.47 Å². The molecule has 360 valence electrons.